The predicted octanol–water partition coefficient (Wildman–Crippen LogP) is 1.86. The van der Waals surface area contributed by atoms with Crippen molar-refractivity contribution in [2.45, 2.75) is 46.6 Å². The normalized spacial score (nSPS) is 12.6. The number of carboxylic acid groups (broad SMARTS) is 1. The minimum atomic E-state index is -1.04. The number of aromatic nitrogens is 2. The van der Waals surface area contributed by atoms with Crippen molar-refractivity contribution < 1.29 is 14.7 Å². The number of hydrogen-bond acceptors (Lipinski definition) is 5. The van der Waals surface area contributed by atoms with Crippen LogP contribution in [0.1, 0.15) is 49.7 Å². The molecule has 0 fully saturated rings. The molecule has 1 amide bonds. The van der Waals surface area contributed by atoms with Crippen molar-refractivity contribution in [3.8, 4) is 0 Å². The molecule has 2 N–H and O–H groups in total. The molecule has 128 valence electrons. The quantitative estimate of drug-likeness (QED) is 0.830. The number of carboxylic acids is 1. The van der Waals surface area contributed by atoms with Gasteiger partial charge in [-0.25, -0.2) is 14.8 Å². The van der Waals surface area contributed by atoms with Crippen LogP contribution in [0.5, 0.6) is 0 Å². The van der Waals surface area contributed by atoms with E-state index in [0.717, 1.165) is 0 Å². The van der Waals surface area contributed by atoms with E-state index in [0.29, 0.717) is 24.5 Å². The van der Waals surface area contributed by atoms with Gasteiger partial charge in [-0.2, -0.15) is 0 Å². The number of nitrogens with one attached hydrogen (secondary N) is 1. The first-order chi connectivity index (χ1) is 10.5. The highest BCUT2D eigenvalue weighted by atomic mass is 16.4. The standard InChI is InChI=1S/C16H26N4O3/c1-10-11(9-17-15(18-10)20(5)6)13(21)19-12(14(22)23)7-8-16(2,3)4/h9,12H,7-8H2,1-6H3,(H,19,21)(H,22,23). The Labute approximate surface area is 137 Å². The summed E-state index contributed by atoms with van der Waals surface area (Å²) in [7, 11) is 3.61. The number of nitrogens with zero attached hydrogens (tertiary/aromatic N) is 3. The van der Waals surface area contributed by atoms with Crippen LogP contribution in [-0.2, 0) is 4.79 Å². The Kier molecular flexibility index (Phi) is 6.06. The average Bonchev–Trinajstić information content (AvgIpc) is 2.41. The summed E-state index contributed by atoms with van der Waals surface area (Å²) in [5, 5.41) is 11.9. The van der Waals surface area contributed by atoms with Gasteiger partial charge >= 0.3 is 5.97 Å². The summed E-state index contributed by atoms with van der Waals surface area (Å²) >= 11 is 0. The van der Waals surface area contributed by atoms with Crippen LogP contribution in [-0.4, -0.2) is 47.1 Å². The maximum atomic E-state index is 12.3. The molecule has 1 aromatic rings. The van der Waals surface area contributed by atoms with E-state index in [1.165, 1.54) is 6.20 Å². The fourth-order valence-corrected chi connectivity index (χ4v) is 1.96. The second kappa shape index (κ2) is 7.39. The largest absolute Gasteiger partial charge is 0.480 e. The van der Waals surface area contributed by atoms with Gasteiger partial charge in [-0.3, -0.25) is 4.79 Å². The lowest BCUT2D eigenvalue weighted by Gasteiger charge is -2.22. The molecule has 0 aromatic carbocycles. The molecule has 7 nitrogen and oxygen atoms in total. The Morgan fingerprint density at radius 1 is 1.35 bits per heavy atom. The number of amides is 1. The van der Waals surface area contributed by atoms with Gasteiger partial charge in [0.05, 0.1) is 11.3 Å². The molecule has 0 radical (unpaired) electrons. The lowest BCUT2D eigenvalue weighted by molar-refractivity contribution is -0.139. The Morgan fingerprint density at radius 3 is 2.39 bits per heavy atom. The Bertz CT molecular complexity index is 579. The highest BCUT2D eigenvalue weighted by molar-refractivity contribution is 5.97. The summed E-state index contributed by atoms with van der Waals surface area (Å²) < 4.78 is 0. The molecular weight excluding hydrogens is 296 g/mol. The summed E-state index contributed by atoms with van der Waals surface area (Å²) in [4.78, 5) is 33.8. The predicted molar refractivity (Wildman–Crippen MR) is 88.7 cm³/mol. The average molecular weight is 322 g/mol. The SMILES string of the molecule is Cc1nc(N(C)C)ncc1C(=O)NC(CCC(C)(C)C)C(=O)O. The first kappa shape index (κ1) is 18.9. The highest BCUT2D eigenvalue weighted by Crippen LogP contribution is 2.22. The number of hydrogen-bond donors (Lipinski definition) is 2. The van der Waals surface area contributed by atoms with Gasteiger partial charge in [0.15, 0.2) is 0 Å². The number of anilines is 1. The van der Waals surface area contributed by atoms with E-state index in [2.05, 4.69) is 15.3 Å². The Balaban J connectivity index is 2.85. The molecule has 0 bridgehead atoms. The molecule has 0 saturated heterocycles. The van der Waals surface area contributed by atoms with Crippen LogP contribution < -0.4 is 10.2 Å². The molecule has 0 spiro atoms. The first-order valence-corrected chi connectivity index (χ1v) is 7.56. The number of aryl methyl sites for hydroxylation is 1. The van der Waals surface area contributed by atoms with Gasteiger partial charge in [-0.05, 0) is 25.2 Å². The second-order valence-corrected chi connectivity index (χ2v) is 7.03. The van der Waals surface area contributed by atoms with E-state index >= 15 is 0 Å². The third-order valence-electron chi connectivity index (χ3n) is 3.40. The molecule has 0 saturated carbocycles. The summed E-state index contributed by atoms with van der Waals surface area (Å²) in [6.07, 6.45) is 2.50. The third kappa shape index (κ3) is 5.84. The number of rotatable bonds is 6. The van der Waals surface area contributed by atoms with Crippen molar-refractivity contribution in [1.82, 2.24) is 15.3 Å². The minimum absolute atomic E-state index is 0.00478. The molecular formula is C16H26N4O3. The minimum Gasteiger partial charge on any atom is -0.480 e. The third-order valence-corrected chi connectivity index (χ3v) is 3.40. The zero-order chi connectivity index (χ0) is 17.8. The summed E-state index contributed by atoms with van der Waals surface area (Å²) in [5.41, 5.74) is 0.809. The molecule has 1 unspecified atom stereocenters. The maximum Gasteiger partial charge on any atom is 0.326 e. The van der Waals surface area contributed by atoms with Crippen molar-refractivity contribution in [2.24, 2.45) is 5.41 Å². The van der Waals surface area contributed by atoms with Gasteiger partial charge in [-0.1, -0.05) is 20.8 Å². The monoisotopic (exact) mass is 322 g/mol. The van der Waals surface area contributed by atoms with E-state index in [-0.39, 0.29) is 11.0 Å². The van der Waals surface area contributed by atoms with Gasteiger partial charge in [-0.15, -0.1) is 0 Å². The molecule has 0 aliphatic rings. The number of carbonyl (C=O) groups excluding carboxylic acids is 1. The van der Waals surface area contributed by atoms with Crippen molar-refractivity contribution in [1.29, 1.82) is 0 Å². The molecule has 0 aliphatic carbocycles. The van der Waals surface area contributed by atoms with E-state index in [9.17, 15) is 14.7 Å². The fraction of sp³-hybridized carbons (Fsp3) is 0.625. The van der Waals surface area contributed by atoms with Crippen LogP contribution in [0.25, 0.3) is 0 Å². The number of aliphatic carboxylic acids is 1. The van der Waals surface area contributed by atoms with Crippen LogP contribution in [0.3, 0.4) is 0 Å². The summed E-state index contributed by atoms with van der Waals surface area (Å²) in [6.45, 7) is 7.80. The maximum absolute atomic E-state index is 12.3. The highest BCUT2D eigenvalue weighted by Gasteiger charge is 2.24. The zero-order valence-electron chi connectivity index (χ0n) is 14.7. The zero-order valence-corrected chi connectivity index (χ0v) is 14.7. The van der Waals surface area contributed by atoms with Crippen LogP contribution in [0, 0.1) is 12.3 Å². The van der Waals surface area contributed by atoms with Crippen LogP contribution in [0.2, 0.25) is 0 Å². The number of carbonyl (C=O) groups is 2. The first-order valence-electron chi connectivity index (χ1n) is 7.56. The molecule has 7 heteroatoms. The lowest BCUT2D eigenvalue weighted by atomic mass is 9.88. The van der Waals surface area contributed by atoms with Gasteiger partial charge in [0.25, 0.3) is 5.91 Å². The van der Waals surface area contributed by atoms with Gasteiger partial charge in [0, 0.05) is 20.3 Å². The summed E-state index contributed by atoms with van der Waals surface area (Å²) in [6, 6.07) is -0.922. The Morgan fingerprint density at radius 2 is 1.96 bits per heavy atom. The van der Waals surface area contributed by atoms with E-state index < -0.39 is 17.9 Å². The lowest BCUT2D eigenvalue weighted by Crippen LogP contribution is -2.41. The fourth-order valence-electron chi connectivity index (χ4n) is 1.96. The van der Waals surface area contributed by atoms with E-state index in [1.54, 1.807) is 11.8 Å². The molecule has 23 heavy (non-hydrogen) atoms. The van der Waals surface area contributed by atoms with Gasteiger partial charge in [0.1, 0.15) is 6.04 Å². The molecule has 1 rings (SSSR count). The summed E-state index contributed by atoms with van der Waals surface area (Å²) in [5.74, 6) is -0.998. The van der Waals surface area contributed by atoms with Gasteiger partial charge < -0.3 is 15.3 Å². The van der Waals surface area contributed by atoms with Crippen LogP contribution in [0.15, 0.2) is 6.20 Å². The molecule has 1 heterocycles. The second-order valence-electron chi connectivity index (χ2n) is 7.03. The van der Waals surface area contributed by atoms with Crippen molar-refractivity contribution in [3.05, 3.63) is 17.5 Å². The Hall–Kier alpha value is -2.18. The van der Waals surface area contributed by atoms with Crippen molar-refractivity contribution >= 4 is 17.8 Å². The van der Waals surface area contributed by atoms with E-state index in [4.69, 9.17) is 0 Å². The molecule has 1 atom stereocenters. The van der Waals surface area contributed by atoms with Crippen molar-refractivity contribution in [2.75, 3.05) is 19.0 Å². The van der Waals surface area contributed by atoms with Crippen LogP contribution in [0.4, 0.5) is 5.95 Å². The molecule has 1 aromatic heterocycles. The van der Waals surface area contributed by atoms with Crippen molar-refractivity contribution in [3.63, 3.8) is 0 Å². The topological polar surface area (TPSA) is 95.4 Å². The molecule has 0 aliphatic heterocycles. The van der Waals surface area contributed by atoms with Crippen LogP contribution >= 0.6 is 0 Å². The van der Waals surface area contributed by atoms with E-state index in [1.807, 2.05) is 34.9 Å². The smallest absolute Gasteiger partial charge is 0.326 e. The van der Waals surface area contributed by atoms with Gasteiger partial charge in [0.2, 0.25) is 5.95 Å².